The van der Waals surface area contributed by atoms with Crippen molar-refractivity contribution in [3.05, 3.63) is 35.9 Å². The molecule has 1 saturated heterocycles. The van der Waals surface area contributed by atoms with Crippen LogP contribution in [0.3, 0.4) is 0 Å². The van der Waals surface area contributed by atoms with Gasteiger partial charge in [-0.1, -0.05) is 51.1 Å². The lowest BCUT2D eigenvalue weighted by molar-refractivity contribution is -0.140. The second kappa shape index (κ2) is 9.49. The fourth-order valence-corrected chi connectivity index (χ4v) is 11.8. The van der Waals surface area contributed by atoms with Gasteiger partial charge < -0.3 is 14.7 Å². The number of nitrogens with zero attached hydrogens (tertiary/aromatic N) is 1. The summed E-state index contributed by atoms with van der Waals surface area (Å²) >= 11 is 0. The van der Waals surface area contributed by atoms with Gasteiger partial charge in [0, 0.05) is 20.0 Å². The van der Waals surface area contributed by atoms with Crippen LogP contribution in [0.4, 0.5) is 0 Å². The monoisotopic (exact) mass is 553 g/mol. The number of aliphatic hydroxyl groups is 1. The Labute approximate surface area is 243 Å². The van der Waals surface area contributed by atoms with E-state index >= 15 is 0 Å². The Hall–Kier alpha value is -1.04. The van der Waals surface area contributed by atoms with E-state index in [1.165, 1.54) is 56.9 Å². The molecule has 1 heterocycles. The molecule has 39 heavy (non-hydrogen) atoms. The third-order valence-electron chi connectivity index (χ3n) is 13.7. The number of fused-ring (bicyclic) bond motifs is 4. The van der Waals surface area contributed by atoms with Gasteiger partial charge >= 0.3 is 0 Å². The van der Waals surface area contributed by atoms with Crippen molar-refractivity contribution in [2.24, 2.45) is 45.3 Å². The molecule has 4 nitrogen and oxygen atoms in total. The molecule has 216 valence electrons. The molecule has 9 unspecified atom stereocenters. The Kier molecular flexibility index (Phi) is 6.84. The van der Waals surface area contributed by atoms with Crippen LogP contribution >= 0.6 is 13.5 Å². The maximum Gasteiger partial charge on any atom is 0.219 e. The van der Waals surface area contributed by atoms with E-state index in [4.69, 9.17) is 4.74 Å². The van der Waals surface area contributed by atoms with Crippen LogP contribution in [-0.4, -0.2) is 40.8 Å². The normalized spacial score (nSPS) is 46.8. The highest BCUT2D eigenvalue weighted by Crippen LogP contribution is 2.87. The highest BCUT2D eigenvalue weighted by molar-refractivity contribution is 7.59. The zero-order chi connectivity index (χ0) is 26.5. The summed E-state index contributed by atoms with van der Waals surface area (Å²) in [7, 11) is 0. The van der Waals surface area contributed by atoms with Crippen molar-refractivity contribution in [1.29, 1.82) is 0 Å². The van der Waals surface area contributed by atoms with Crippen molar-refractivity contribution in [2.75, 3.05) is 6.54 Å². The minimum Gasteiger partial charge on any atom is -0.393 e. The van der Waals surface area contributed by atoms with Crippen LogP contribution in [-0.2, 0) is 16.1 Å². The van der Waals surface area contributed by atoms with Crippen molar-refractivity contribution in [3.63, 3.8) is 0 Å². The summed E-state index contributed by atoms with van der Waals surface area (Å²) in [6.45, 7) is 10.4. The summed E-state index contributed by atoms with van der Waals surface area (Å²) in [6.07, 6.45) is 13.1. The number of ether oxygens (including phenoxy) is 1. The Balaban J connectivity index is 0.00000277. The zero-order valence-electron chi connectivity index (χ0n) is 24.6. The Morgan fingerprint density at radius 1 is 0.949 bits per heavy atom. The number of rotatable bonds is 4. The standard InChI is InChI=1S/C34H49NO3.H2S/c1-22(36)35(19-23-8-6-5-7-9-23)20-24-10-11-26-28(38-24)18-27-25-12-13-29-31(2,3)30(37)14-15-34(29)21-33(25,34)17-16-32(26,27)4;/h5-9,24-30,37H,10-21H2,1-4H3;1H2/t24?,25?,26?,27?,28?,29?,30-,32?,33?,34?;/m0./s1. The summed E-state index contributed by atoms with van der Waals surface area (Å²) in [5.74, 6) is 3.16. The first kappa shape index (κ1) is 28.1. The third-order valence-corrected chi connectivity index (χ3v) is 13.7. The van der Waals surface area contributed by atoms with E-state index < -0.39 is 0 Å². The molecule has 1 amide bonds. The van der Waals surface area contributed by atoms with Crippen molar-refractivity contribution < 1.29 is 14.6 Å². The Morgan fingerprint density at radius 2 is 1.69 bits per heavy atom. The summed E-state index contributed by atoms with van der Waals surface area (Å²) in [4.78, 5) is 14.5. The molecule has 1 N–H and O–H groups in total. The number of amides is 1. The molecule has 5 aliphatic carbocycles. The molecular weight excluding hydrogens is 502 g/mol. The fraction of sp³-hybridized carbons (Fsp3) is 0.794. The lowest BCUT2D eigenvalue weighted by atomic mass is 9.46. The Bertz CT molecular complexity index is 1090. The molecule has 2 spiro atoms. The molecular formula is C34H51NO3S. The number of carbonyl (C=O) groups excluding carboxylic acids is 1. The lowest BCUT2D eigenvalue weighted by Gasteiger charge is -2.59. The van der Waals surface area contributed by atoms with Crippen LogP contribution in [0.5, 0.6) is 0 Å². The van der Waals surface area contributed by atoms with Crippen molar-refractivity contribution in [1.82, 2.24) is 4.90 Å². The van der Waals surface area contributed by atoms with Gasteiger partial charge in [0.25, 0.3) is 0 Å². The lowest BCUT2D eigenvalue weighted by Crippen LogP contribution is -2.54. The fourth-order valence-electron chi connectivity index (χ4n) is 11.8. The van der Waals surface area contributed by atoms with Crippen molar-refractivity contribution in [2.45, 2.75) is 117 Å². The van der Waals surface area contributed by atoms with Crippen LogP contribution in [0.25, 0.3) is 0 Å². The highest BCUT2D eigenvalue weighted by Gasteiger charge is 2.80. The molecule has 6 aliphatic rings. The molecule has 1 aliphatic heterocycles. The maximum absolute atomic E-state index is 12.5. The van der Waals surface area contributed by atoms with Gasteiger partial charge in [-0.15, -0.1) is 0 Å². The molecule has 1 aromatic carbocycles. The summed E-state index contributed by atoms with van der Waals surface area (Å²) in [5, 5.41) is 10.9. The topological polar surface area (TPSA) is 49.8 Å². The Morgan fingerprint density at radius 3 is 2.44 bits per heavy atom. The van der Waals surface area contributed by atoms with E-state index in [2.05, 4.69) is 45.0 Å². The van der Waals surface area contributed by atoms with Gasteiger partial charge in [-0.25, -0.2) is 0 Å². The summed E-state index contributed by atoms with van der Waals surface area (Å²) < 4.78 is 6.94. The van der Waals surface area contributed by atoms with Crippen LogP contribution in [0.2, 0.25) is 0 Å². The second-order valence-corrected chi connectivity index (χ2v) is 15.3. The average Bonchev–Trinajstić information content (AvgIpc) is 3.47. The van der Waals surface area contributed by atoms with E-state index in [0.29, 0.717) is 47.3 Å². The van der Waals surface area contributed by atoms with E-state index in [1.807, 2.05) is 11.0 Å². The number of carbonyl (C=O) groups is 1. The predicted octanol–water partition coefficient (Wildman–Crippen LogP) is 6.72. The minimum absolute atomic E-state index is 0. The largest absolute Gasteiger partial charge is 0.393 e. The molecule has 5 saturated carbocycles. The first-order valence-electron chi connectivity index (χ1n) is 15.7. The number of benzene rings is 1. The first-order chi connectivity index (χ1) is 18.1. The number of aliphatic hydroxyl groups excluding tert-OH is 1. The van der Waals surface area contributed by atoms with Crippen LogP contribution < -0.4 is 0 Å². The van der Waals surface area contributed by atoms with E-state index in [1.54, 1.807) is 6.92 Å². The zero-order valence-corrected chi connectivity index (χ0v) is 25.6. The molecule has 5 heteroatoms. The SMILES string of the molecule is CC(=O)N(Cc1ccccc1)CC1CCC2C(CC3C4CCC5C(C)(C)[C@@H](O)CCC56CC46CCC23C)O1.S. The van der Waals surface area contributed by atoms with Gasteiger partial charge in [0.1, 0.15) is 0 Å². The average molecular weight is 554 g/mol. The van der Waals surface area contributed by atoms with Gasteiger partial charge in [-0.3, -0.25) is 4.79 Å². The molecule has 0 bridgehead atoms. The van der Waals surface area contributed by atoms with E-state index in [-0.39, 0.29) is 37.0 Å². The van der Waals surface area contributed by atoms with Crippen molar-refractivity contribution in [3.8, 4) is 0 Å². The summed E-state index contributed by atoms with van der Waals surface area (Å²) in [6, 6.07) is 10.4. The molecule has 6 fully saturated rings. The van der Waals surface area contributed by atoms with Gasteiger partial charge in [0.05, 0.1) is 18.3 Å². The molecule has 10 atom stereocenters. The predicted molar refractivity (Wildman–Crippen MR) is 159 cm³/mol. The first-order valence-corrected chi connectivity index (χ1v) is 15.7. The quantitative estimate of drug-likeness (QED) is 0.451. The van der Waals surface area contributed by atoms with Gasteiger partial charge in [0.15, 0.2) is 0 Å². The minimum atomic E-state index is -0.127. The van der Waals surface area contributed by atoms with Crippen LogP contribution in [0.1, 0.15) is 97.5 Å². The highest BCUT2D eigenvalue weighted by atomic mass is 32.1. The number of hydrogen-bond donors (Lipinski definition) is 1. The maximum atomic E-state index is 12.5. The second-order valence-electron chi connectivity index (χ2n) is 15.3. The van der Waals surface area contributed by atoms with Gasteiger partial charge in [-0.2, -0.15) is 13.5 Å². The van der Waals surface area contributed by atoms with E-state index in [0.717, 1.165) is 24.7 Å². The smallest absolute Gasteiger partial charge is 0.219 e. The van der Waals surface area contributed by atoms with Crippen LogP contribution in [0, 0.1) is 45.3 Å². The van der Waals surface area contributed by atoms with Crippen LogP contribution in [0.15, 0.2) is 30.3 Å². The number of hydrogen-bond acceptors (Lipinski definition) is 3. The van der Waals surface area contributed by atoms with Gasteiger partial charge in [-0.05, 0) is 115 Å². The van der Waals surface area contributed by atoms with E-state index in [9.17, 15) is 9.90 Å². The molecule has 1 aromatic rings. The summed E-state index contributed by atoms with van der Waals surface area (Å²) in [5.41, 5.74) is 2.72. The third kappa shape index (κ3) is 3.95. The molecule has 0 aromatic heterocycles. The van der Waals surface area contributed by atoms with Crippen molar-refractivity contribution >= 4 is 19.4 Å². The molecule has 7 rings (SSSR count). The van der Waals surface area contributed by atoms with Gasteiger partial charge in [0.2, 0.25) is 5.91 Å². The molecule has 0 radical (unpaired) electrons.